The van der Waals surface area contributed by atoms with Crippen molar-refractivity contribution in [2.45, 2.75) is 12.8 Å². The van der Waals surface area contributed by atoms with Gasteiger partial charge in [0.2, 0.25) is 0 Å². The molecule has 1 unspecified atom stereocenters. The maximum atomic E-state index is 11.9. The molecule has 0 saturated carbocycles. The average Bonchev–Trinajstić information content (AvgIpc) is 2.90. The van der Waals surface area contributed by atoms with E-state index >= 15 is 0 Å². The first kappa shape index (κ1) is 12.5. The number of aromatic nitrogens is 2. The number of rotatable bonds is 4. The van der Waals surface area contributed by atoms with E-state index < -0.39 is 0 Å². The van der Waals surface area contributed by atoms with Crippen LogP contribution in [0.25, 0.3) is 0 Å². The molecule has 2 aromatic heterocycles. The van der Waals surface area contributed by atoms with Crippen molar-refractivity contribution in [3.63, 3.8) is 0 Å². The van der Waals surface area contributed by atoms with Crippen LogP contribution in [0.4, 0.5) is 5.69 Å². The third kappa shape index (κ3) is 2.84. The van der Waals surface area contributed by atoms with Gasteiger partial charge in [0, 0.05) is 30.2 Å². The van der Waals surface area contributed by atoms with Crippen LogP contribution in [0.3, 0.4) is 0 Å². The van der Waals surface area contributed by atoms with Gasteiger partial charge in [0.25, 0.3) is 5.91 Å². The highest BCUT2D eigenvalue weighted by molar-refractivity contribution is 7.09. The molecule has 2 aromatic rings. The Bertz CT molecular complexity index is 527. The van der Waals surface area contributed by atoms with Gasteiger partial charge in [-0.05, 0) is 6.07 Å². The number of thiazole rings is 1. The molecule has 3 N–H and O–H groups in total. The van der Waals surface area contributed by atoms with E-state index in [0.717, 1.165) is 5.01 Å². The zero-order valence-electron chi connectivity index (χ0n) is 9.96. The second-order valence-electron chi connectivity index (χ2n) is 3.94. The number of amides is 1. The number of carbonyl (C=O) groups is 1. The Morgan fingerprint density at radius 3 is 3.06 bits per heavy atom. The Morgan fingerprint density at radius 1 is 1.56 bits per heavy atom. The Balaban J connectivity index is 1.95. The SMILES string of the molecule is CC(CNC(=O)c1ccncc1N)c1nccs1. The number of nitrogen functional groups attached to an aromatic ring is 1. The molecule has 2 rings (SSSR count). The zero-order valence-corrected chi connectivity index (χ0v) is 10.8. The van der Waals surface area contributed by atoms with Gasteiger partial charge in [-0.15, -0.1) is 11.3 Å². The molecular weight excluding hydrogens is 248 g/mol. The average molecular weight is 262 g/mol. The lowest BCUT2D eigenvalue weighted by Gasteiger charge is -2.10. The van der Waals surface area contributed by atoms with Crippen LogP contribution in [0, 0.1) is 0 Å². The van der Waals surface area contributed by atoms with Crippen LogP contribution in [0.5, 0.6) is 0 Å². The van der Waals surface area contributed by atoms with E-state index in [1.54, 1.807) is 29.8 Å². The second kappa shape index (κ2) is 5.59. The van der Waals surface area contributed by atoms with Gasteiger partial charge in [0.05, 0.1) is 22.5 Å². The van der Waals surface area contributed by atoms with Gasteiger partial charge in [-0.3, -0.25) is 9.78 Å². The van der Waals surface area contributed by atoms with Crippen molar-refractivity contribution >= 4 is 22.9 Å². The van der Waals surface area contributed by atoms with Gasteiger partial charge in [0.15, 0.2) is 0 Å². The van der Waals surface area contributed by atoms with Crippen LogP contribution in [-0.2, 0) is 0 Å². The predicted octanol–water partition coefficient (Wildman–Crippen LogP) is 1.65. The van der Waals surface area contributed by atoms with E-state index in [0.29, 0.717) is 17.8 Å². The van der Waals surface area contributed by atoms with Crippen LogP contribution in [0.2, 0.25) is 0 Å². The van der Waals surface area contributed by atoms with Crippen molar-refractivity contribution in [3.8, 4) is 0 Å². The lowest BCUT2D eigenvalue weighted by molar-refractivity contribution is 0.0952. The van der Waals surface area contributed by atoms with E-state index in [9.17, 15) is 4.79 Å². The summed E-state index contributed by atoms with van der Waals surface area (Å²) in [5, 5.41) is 5.78. The molecular formula is C12H14N4OS. The topological polar surface area (TPSA) is 80.9 Å². The summed E-state index contributed by atoms with van der Waals surface area (Å²) >= 11 is 1.58. The second-order valence-corrected chi connectivity index (χ2v) is 4.87. The minimum Gasteiger partial charge on any atom is -0.397 e. The van der Waals surface area contributed by atoms with Crippen molar-refractivity contribution in [1.82, 2.24) is 15.3 Å². The molecule has 0 aliphatic carbocycles. The lowest BCUT2D eigenvalue weighted by atomic mass is 10.1. The number of hydrogen-bond acceptors (Lipinski definition) is 5. The molecule has 1 amide bonds. The fourth-order valence-corrected chi connectivity index (χ4v) is 2.22. The summed E-state index contributed by atoms with van der Waals surface area (Å²) in [6, 6.07) is 1.61. The van der Waals surface area contributed by atoms with Crippen LogP contribution in [0.1, 0.15) is 28.2 Å². The van der Waals surface area contributed by atoms with E-state index in [1.165, 1.54) is 6.20 Å². The van der Waals surface area contributed by atoms with Crippen molar-refractivity contribution < 1.29 is 4.79 Å². The standard InChI is InChI=1S/C12H14N4OS/c1-8(12-15-4-5-18-12)6-16-11(17)9-2-3-14-7-10(9)13/h2-5,7-8H,6,13H2,1H3,(H,16,17). The Labute approximate surface area is 109 Å². The molecule has 2 heterocycles. The van der Waals surface area contributed by atoms with E-state index in [4.69, 9.17) is 5.73 Å². The molecule has 6 heteroatoms. The van der Waals surface area contributed by atoms with Gasteiger partial charge in [-0.25, -0.2) is 4.98 Å². The molecule has 0 aliphatic rings. The molecule has 0 fully saturated rings. The first-order chi connectivity index (χ1) is 8.68. The number of nitrogens with zero attached hydrogens (tertiary/aromatic N) is 2. The normalized spacial score (nSPS) is 12.1. The van der Waals surface area contributed by atoms with Crippen LogP contribution in [-0.4, -0.2) is 22.4 Å². The van der Waals surface area contributed by atoms with E-state index in [1.807, 2.05) is 12.3 Å². The summed E-state index contributed by atoms with van der Waals surface area (Å²) < 4.78 is 0. The third-order valence-corrected chi connectivity index (χ3v) is 3.55. The molecule has 94 valence electrons. The summed E-state index contributed by atoms with van der Waals surface area (Å²) in [6.45, 7) is 2.56. The van der Waals surface area contributed by atoms with Crippen molar-refractivity contribution in [2.24, 2.45) is 0 Å². The first-order valence-electron chi connectivity index (χ1n) is 5.55. The number of anilines is 1. The highest BCUT2D eigenvalue weighted by Gasteiger charge is 2.12. The summed E-state index contributed by atoms with van der Waals surface area (Å²) in [5.74, 6) is 0.00955. The minimum atomic E-state index is -0.182. The first-order valence-corrected chi connectivity index (χ1v) is 6.43. The van der Waals surface area contributed by atoms with Crippen molar-refractivity contribution in [2.75, 3.05) is 12.3 Å². The monoisotopic (exact) mass is 262 g/mol. The maximum absolute atomic E-state index is 11.9. The molecule has 0 radical (unpaired) electrons. The van der Waals surface area contributed by atoms with E-state index in [2.05, 4.69) is 15.3 Å². The molecule has 18 heavy (non-hydrogen) atoms. The number of pyridine rings is 1. The number of carbonyl (C=O) groups excluding carboxylic acids is 1. The molecule has 5 nitrogen and oxygen atoms in total. The van der Waals surface area contributed by atoms with Gasteiger partial charge in [0.1, 0.15) is 0 Å². The van der Waals surface area contributed by atoms with Crippen molar-refractivity contribution in [3.05, 3.63) is 40.6 Å². The van der Waals surface area contributed by atoms with Gasteiger partial charge >= 0.3 is 0 Å². The number of nitrogens with one attached hydrogen (secondary N) is 1. The fourth-order valence-electron chi connectivity index (χ4n) is 1.52. The maximum Gasteiger partial charge on any atom is 0.253 e. The summed E-state index contributed by atoms with van der Waals surface area (Å²) in [5.41, 5.74) is 6.53. The van der Waals surface area contributed by atoms with Gasteiger partial charge < -0.3 is 11.1 Å². The molecule has 0 aliphatic heterocycles. The highest BCUT2D eigenvalue weighted by atomic mass is 32.1. The van der Waals surface area contributed by atoms with Crippen LogP contribution < -0.4 is 11.1 Å². The smallest absolute Gasteiger partial charge is 0.253 e. The van der Waals surface area contributed by atoms with Gasteiger partial charge in [-0.2, -0.15) is 0 Å². The molecule has 0 saturated heterocycles. The van der Waals surface area contributed by atoms with Gasteiger partial charge in [-0.1, -0.05) is 6.92 Å². The lowest BCUT2D eigenvalue weighted by Crippen LogP contribution is -2.28. The fraction of sp³-hybridized carbons (Fsp3) is 0.250. The Hall–Kier alpha value is -1.95. The largest absolute Gasteiger partial charge is 0.397 e. The number of hydrogen-bond donors (Lipinski definition) is 2. The summed E-state index contributed by atoms with van der Waals surface area (Å²) in [4.78, 5) is 20.0. The van der Waals surface area contributed by atoms with E-state index in [-0.39, 0.29) is 11.8 Å². The predicted molar refractivity (Wildman–Crippen MR) is 71.5 cm³/mol. The van der Waals surface area contributed by atoms with Crippen LogP contribution >= 0.6 is 11.3 Å². The highest BCUT2D eigenvalue weighted by Crippen LogP contribution is 2.16. The third-order valence-electron chi connectivity index (χ3n) is 2.54. The molecule has 0 aromatic carbocycles. The molecule has 1 atom stereocenters. The van der Waals surface area contributed by atoms with Crippen LogP contribution in [0.15, 0.2) is 30.0 Å². The molecule has 0 spiro atoms. The number of nitrogens with two attached hydrogens (primary N) is 1. The quantitative estimate of drug-likeness (QED) is 0.878. The minimum absolute atomic E-state index is 0.182. The summed E-state index contributed by atoms with van der Waals surface area (Å²) in [6.07, 6.45) is 4.79. The zero-order chi connectivity index (χ0) is 13.0. The Kier molecular flexibility index (Phi) is 3.88. The van der Waals surface area contributed by atoms with Crippen molar-refractivity contribution in [1.29, 1.82) is 0 Å². The Morgan fingerprint density at radius 2 is 2.39 bits per heavy atom. The molecule has 0 bridgehead atoms. The summed E-state index contributed by atoms with van der Waals surface area (Å²) in [7, 11) is 0.